The second-order valence-electron chi connectivity index (χ2n) is 9.15. The molecule has 3 N–H and O–H groups in total. The number of nitrogens with one attached hydrogen (secondary N) is 2. The predicted octanol–water partition coefficient (Wildman–Crippen LogP) is 5.03. The molecule has 0 aliphatic heterocycles. The monoisotopic (exact) mass is 470 g/mol. The average molecular weight is 471 g/mol. The first-order chi connectivity index (χ1) is 17.0. The molecule has 2 amide bonds. The highest BCUT2D eigenvalue weighted by atomic mass is 16.5. The van der Waals surface area contributed by atoms with E-state index >= 15 is 0 Å². The van der Waals surface area contributed by atoms with Gasteiger partial charge in [-0.3, -0.25) is 14.9 Å². The van der Waals surface area contributed by atoms with Gasteiger partial charge in [-0.05, 0) is 53.3 Å². The third-order valence-electron chi connectivity index (χ3n) is 7.07. The zero-order valence-electron chi connectivity index (χ0n) is 19.1. The maximum atomic E-state index is 12.6. The molecule has 7 heteroatoms. The predicted molar refractivity (Wildman–Crippen MR) is 131 cm³/mol. The van der Waals surface area contributed by atoms with Gasteiger partial charge in [-0.2, -0.15) is 0 Å². The van der Waals surface area contributed by atoms with Crippen LogP contribution < -0.4 is 10.6 Å². The molecule has 0 saturated heterocycles. The Morgan fingerprint density at radius 2 is 1.57 bits per heavy atom. The number of rotatable bonds is 7. The lowest BCUT2D eigenvalue weighted by atomic mass is 9.69. The van der Waals surface area contributed by atoms with Crippen LogP contribution in [0.3, 0.4) is 0 Å². The van der Waals surface area contributed by atoms with Crippen LogP contribution in [0.4, 0.5) is 10.5 Å². The Bertz CT molecular complexity index is 1250. The van der Waals surface area contributed by atoms with E-state index in [9.17, 15) is 19.5 Å². The first kappa shape index (κ1) is 22.7. The Morgan fingerprint density at radius 3 is 2.17 bits per heavy atom. The fourth-order valence-electron chi connectivity index (χ4n) is 4.91. The lowest BCUT2D eigenvalue weighted by Crippen LogP contribution is -2.47. The minimum absolute atomic E-state index is 0.0432. The van der Waals surface area contributed by atoms with Gasteiger partial charge in [0.05, 0.1) is 5.41 Å². The SMILES string of the molecule is O=C(Nc1cccc(C(=O)NCC2(C(=O)O)CCC2)c1)OCC1c2ccccc2-c2ccccc21. The van der Waals surface area contributed by atoms with E-state index in [4.69, 9.17) is 4.74 Å². The minimum Gasteiger partial charge on any atom is -0.481 e. The van der Waals surface area contributed by atoms with Crippen LogP contribution in [0.2, 0.25) is 0 Å². The van der Waals surface area contributed by atoms with Gasteiger partial charge in [-0.15, -0.1) is 0 Å². The average Bonchev–Trinajstić information content (AvgIpc) is 3.15. The van der Waals surface area contributed by atoms with Crippen LogP contribution in [0.1, 0.15) is 46.7 Å². The third-order valence-corrected chi connectivity index (χ3v) is 7.07. The molecule has 3 aromatic carbocycles. The van der Waals surface area contributed by atoms with Crippen LogP contribution in [-0.2, 0) is 9.53 Å². The summed E-state index contributed by atoms with van der Waals surface area (Å²) in [5.74, 6) is -1.30. The molecule has 1 saturated carbocycles. The van der Waals surface area contributed by atoms with Crippen LogP contribution in [0.5, 0.6) is 0 Å². The van der Waals surface area contributed by atoms with Gasteiger partial charge in [0.25, 0.3) is 5.91 Å². The number of hydrogen-bond acceptors (Lipinski definition) is 4. The molecule has 0 aromatic heterocycles. The molecule has 2 aliphatic rings. The van der Waals surface area contributed by atoms with Crippen LogP contribution in [0, 0.1) is 5.41 Å². The van der Waals surface area contributed by atoms with Crippen LogP contribution in [0.25, 0.3) is 11.1 Å². The summed E-state index contributed by atoms with van der Waals surface area (Å²) in [6.45, 7) is 0.280. The van der Waals surface area contributed by atoms with E-state index in [1.54, 1.807) is 24.3 Å². The highest BCUT2D eigenvalue weighted by molar-refractivity contribution is 5.96. The number of benzene rings is 3. The molecule has 0 unspecified atom stereocenters. The van der Waals surface area contributed by atoms with E-state index < -0.39 is 17.5 Å². The molecule has 0 heterocycles. The number of anilines is 1. The number of amides is 2. The van der Waals surface area contributed by atoms with Crippen molar-refractivity contribution in [3.63, 3.8) is 0 Å². The second kappa shape index (κ2) is 9.25. The van der Waals surface area contributed by atoms with Crippen molar-refractivity contribution in [2.75, 3.05) is 18.5 Å². The fourth-order valence-corrected chi connectivity index (χ4v) is 4.91. The number of carbonyl (C=O) groups excluding carboxylic acids is 2. The van der Waals surface area contributed by atoms with Gasteiger partial charge in [0.2, 0.25) is 0 Å². The summed E-state index contributed by atoms with van der Waals surface area (Å²) in [6.07, 6.45) is 1.36. The van der Waals surface area contributed by atoms with Crippen molar-refractivity contribution in [3.8, 4) is 11.1 Å². The highest BCUT2D eigenvalue weighted by Crippen LogP contribution is 2.44. The molecular formula is C28H26N2O5. The molecule has 35 heavy (non-hydrogen) atoms. The van der Waals surface area contributed by atoms with Crippen molar-refractivity contribution in [1.82, 2.24) is 5.32 Å². The molecule has 3 aromatic rings. The lowest BCUT2D eigenvalue weighted by Gasteiger charge is -2.37. The number of carbonyl (C=O) groups is 3. The van der Waals surface area contributed by atoms with E-state index in [1.165, 1.54) is 0 Å². The molecular weight excluding hydrogens is 444 g/mol. The summed E-state index contributed by atoms with van der Waals surface area (Å²) < 4.78 is 5.57. The summed E-state index contributed by atoms with van der Waals surface area (Å²) in [4.78, 5) is 36.6. The summed E-state index contributed by atoms with van der Waals surface area (Å²) in [5, 5.41) is 14.8. The first-order valence-corrected chi connectivity index (χ1v) is 11.7. The number of carboxylic acid groups (broad SMARTS) is 1. The summed E-state index contributed by atoms with van der Waals surface area (Å²) in [7, 11) is 0. The summed E-state index contributed by atoms with van der Waals surface area (Å²) >= 11 is 0. The van der Waals surface area contributed by atoms with Crippen molar-refractivity contribution in [1.29, 1.82) is 0 Å². The van der Waals surface area contributed by atoms with Crippen molar-refractivity contribution < 1.29 is 24.2 Å². The van der Waals surface area contributed by atoms with Gasteiger partial charge >= 0.3 is 12.1 Å². The van der Waals surface area contributed by atoms with Crippen LogP contribution in [0.15, 0.2) is 72.8 Å². The fraction of sp³-hybridized carbons (Fsp3) is 0.250. The number of fused-ring (bicyclic) bond motifs is 3. The number of hydrogen-bond donors (Lipinski definition) is 3. The first-order valence-electron chi connectivity index (χ1n) is 11.7. The molecule has 0 bridgehead atoms. The standard InChI is InChI=1S/C28H26N2O5/c31-25(29-17-28(26(32)33)13-6-14-28)18-7-5-8-19(15-18)30-27(34)35-16-24-22-11-3-1-9-20(22)21-10-2-4-12-23(21)24/h1-5,7-12,15,24H,6,13-14,16-17H2,(H,29,31)(H,30,34)(H,32,33). The van der Waals surface area contributed by atoms with Crippen molar-refractivity contribution in [2.24, 2.45) is 5.41 Å². The zero-order valence-corrected chi connectivity index (χ0v) is 19.1. The van der Waals surface area contributed by atoms with Gasteiger partial charge < -0.3 is 15.2 Å². The molecule has 1 fully saturated rings. The second-order valence-corrected chi connectivity index (χ2v) is 9.15. The van der Waals surface area contributed by atoms with Crippen molar-refractivity contribution >= 4 is 23.7 Å². The smallest absolute Gasteiger partial charge is 0.411 e. The number of carboxylic acids is 1. The maximum absolute atomic E-state index is 12.6. The van der Waals surface area contributed by atoms with E-state index in [2.05, 4.69) is 34.9 Å². The summed E-state index contributed by atoms with van der Waals surface area (Å²) in [6, 6.07) is 22.7. The third kappa shape index (κ3) is 4.37. The van der Waals surface area contributed by atoms with Gasteiger partial charge in [0, 0.05) is 23.7 Å². The van der Waals surface area contributed by atoms with Crippen molar-refractivity contribution in [2.45, 2.75) is 25.2 Å². The van der Waals surface area contributed by atoms with Gasteiger partial charge in [0.15, 0.2) is 0 Å². The molecule has 5 rings (SSSR count). The molecule has 178 valence electrons. The Morgan fingerprint density at radius 1 is 0.914 bits per heavy atom. The Kier molecular flexibility index (Phi) is 5.99. The lowest BCUT2D eigenvalue weighted by molar-refractivity contribution is -0.153. The topological polar surface area (TPSA) is 105 Å². The van der Waals surface area contributed by atoms with Crippen molar-refractivity contribution in [3.05, 3.63) is 89.5 Å². The Hall–Kier alpha value is -4.13. The maximum Gasteiger partial charge on any atom is 0.411 e. The quantitative estimate of drug-likeness (QED) is 0.449. The van der Waals surface area contributed by atoms with E-state index in [1.807, 2.05) is 24.3 Å². The Balaban J connectivity index is 1.20. The number of ether oxygens (including phenoxy) is 1. The molecule has 0 radical (unpaired) electrons. The summed E-state index contributed by atoms with van der Waals surface area (Å²) in [5.41, 5.74) is 4.46. The zero-order chi connectivity index (χ0) is 24.4. The molecule has 0 atom stereocenters. The Labute approximate surface area is 203 Å². The minimum atomic E-state index is -0.880. The van der Waals surface area contributed by atoms with E-state index in [0.717, 1.165) is 28.7 Å². The number of aliphatic carboxylic acids is 1. The normalized spacial score (nSPS) is 15.3. The highest BCUT2D eigenvalue weighted by Gasteiger charge is 2.44. The van der Waals surface area contributed by atoms with Gasteiger partial charge in [0.1, 0.15) is 6.61 Å². The molecule has 7 nitrogen and oxygen atoms in total. The van der Waals surface area contributed by atoms with E-state index in [0.29, 0.717) is 24.1 Å². The molecule has 0 spiro atoms. The van der Waals surface area contributed by atoms with E-state index in [-0.39, 0.29) is 25.0 Å². The van der Waals surface area contributed by atoms with Crippen LogP contribution >= 0.6 is 0 Å². The van der Waals surface area contributed by atoms with Gasteiger partial charge in [-0.1, -0.05) is 61.0 Å². The largest absolute Gasteiger partial charge is 0.481 e. The van der Waals surface area contributed by atoms with Gasteiger partial charge in [-0.25, -0.2) is 4.79 Å². The molecule has 2 aliphatic carbocycles. The van der Waals surface area contributed by atoms with Crippen LogP contribution in [-0.4, -0.2) is 36.2 Å².